The van der Waals surface area contributed by atoms with E-state index in [2.05, 4.69) is 23.9 Å². The van der Waals surface area contributed by atoms with E-state index in [1.165, 1.54) is 0 Å². The van der Waals surface area contributed by atoms with E-state index in [9.17, 15) is 8.42 Å². The van der Waals surface area contributed by atoms with Crippen LogP contribution < -0.4 is 10.0 Å². The van der Waals surface area contributed by atoms with Crippen molar-refractivity contribution in [3.8, 4) is 0 Å². The predicted octanol–water partition coefficient (Wildman–Crippen LogP) is 1.25. The van der Waals surface area contributed by atoms with Crippen LogP contribution in [-0.4, -0.2) is 46.0 Å². The molecular weight excluding hydrogens is 276 g/mol. The zero-order valence-corrected chi connectivity index (χ0v) is 13.5. The van der Waals surface area contributed by atoms with Crippen LogP contribution in [0.15, 0.2) is 0 Å². The zero-order chi connectivity index (χ0) is 14.6. The Hall–Kier alpha value is -0.170. The van der Waals surface area contributed by atoms with Gasteiger partial charge in [0.2, 0.25) is 10.0 Å². The molecule has 0 bridgehead atoms. The first-order valence-corrected chi connectivity index (χ1v) is 9.37. The highest BCUT2D eigenvalue weighted by Gasteiger charge is 2.33. The summed E-state index contributed by atoms with van der Waals surface area (Å²) < 4.78 is 32.5. The minimum atomic E-state index is -3.25. The number of nitrogens with one attached hydrogen (secondary N) is 2. The standard InChI is InChI=1S/C14H28N2O3S/c1-14(2)7-5-8-15-13(14)10-16-20(17,18)11-12-6-3-4-9-19-12/h12-13,15-16H,3-11H2,1-2H3. The van der Waals surface area contributed by atoms with Gasteiger partial charge in [-0.3, -0.25) is 0 Å². The average molecular weight is 304 g/mol. The summed E-state index contributed by atoms with van der Waals surface area (Å²) in [5.74, 6) is 0.0974. The number of hydrogen-bond donors (Lipinski definition) is 2. The van der Waals surface area contributed by atoms with Crippen LogP contribution in [0.2, 0.25) is 0 Å². The van der Waals surface area contributed by atoms with E-state index in [1.807, 2.05) is 0 Å². The highest BCUT2D eigenvalue weighted by Crippen LogP contribution is 2.29. The van der Waals surface area contributed by atoms with Crippen molar-refractivity contribution >= 4 is 10.0 Å². The summed E-state index contributed by atoms with van der Waals surface area (Å²) in [6, 6.07) is 0.207. The van der Waals surface area contributed by atoms with Crippen molar-refractivity contribution in [2.45, 2.75) is 58.1 Å². The molecule has 20 heavy (non-hydrogen) atoms. The van der Waals surface area contributed by atoms with Gasteiger partial charge in [0.15, 0.2) is 0 Å². The SMILES string of the molecule is CC1(C)CCCNC1CNS(=O)(=O)CC1CCCCO1. The van der Waals surface area contributed by atoms with E-state index in [0.717, 1.165) is 38.6 Å². The van der Waals surface area contributed by atoms with Crippen molar-refractivity contribution in [2.24, 2.45) is 5.41 Å². The van der Waals surface area contributed by atoms with Crippen LogP contribution in [0, 0.1) is 5.41 Å². The number of sulfonamides is 1. The molecular formula is C14H28N2O3S. The van der Waals surface area contributed by atoms with Crippen LogP contribution >= 0.6 is 0 Å². The predicted molar refractivity (Wildman–Crippen MR) is 80.2 cm³/mol. The lowest BCUT2D eigenvalue weighted by atomic mass is 9.78. The van der Waals surface area contributed by atoms with Gasteiger partial charge in [-0.25, -0.2) is 13.1 Å². The quantitative estimate of drug-likeness (QED) is 0.802. The summed E-state index contributed by atoms with van der Waals surface area (Å²) in [6.45, 7) is 6.53. The first kappa shape index (κ1) is 16.2. The lowest BCUT2D eigenvalue weighted by Gasteiger charge is -2.39. The lowest BCUT2D eigenvalue weighted by Crippen LogP contribution is -2.53. The van der Waals surface area contributed by atoms with Crippen molar-refractivity contribution in [2.75, 3.05) is 25.4 Å². The van der Waals surface area contributed by atoms with Crippen molar-refractivity contribution in [1.29, 1.82) is 0 Å². The van der Waals surface area contributed by atoms with Crippen molar-refractivity contribution < 1.29 is 13.2 Å². The van der Waals surface area contributed by atoms with E-state index in [0.29, 0.717) is 13.2 Å². The summed E-state index contributed by atoms with van der Waals surface area (Å²) in [5, 5.41) is 3.43. The van der Waals surface area contributed by atoms with Gasteiger partial charge in [0.05, 0.1) is 11.9 Å². The smallest absolute Gasteiger partial charge is 0.214 e. The average Bonchev–Trinajstić information content (AvgIpc) is 2.37. The van der Waals surface area contributed by atoms with Gasteiger partial charge in [0, 0.05) is 19.2 Å². The molecule has 0 aromatic rings. The minimum absolute atomic E-state index is 0.0974. The molecule has 2 N–H and O–H groups in total. The first-order valence-electron chi connectivity index (χ1n) is 7.71. The van der Waals surface area contributed by atoms with E-state index in [1.54, 1.807) is 0 Å². The zero-order valence-electron chi connectivity index (χ0n) is 12.7. The highest BCUT2D eigenvalue weighted by atomic mass is 32.2. The van der Waals surface area contributed by atoms with E-state index in [4.69, 9.17) is 4.74 Å². The fourth-order valence-corrected chi connectivity index (χ4v) is 4.36. The van der Waals surface area contributed by atoms with E-state index < -0.39 is 10.0 Å². The molecule has 2 rings (SSSR count). The summed E-state index contributed by atoms with van der Waals surface area (Å²) in [5.41, 5.74) is 0.141. The molecule has 5 nitrogen and oxygen atoms in total. The maximum absolute atomic E-state index is 12.1. The van der Waals surface area contributed by atoms with Crippen LogP contribution in [0.3, 0.4) is 0 Å². The third-order valence-corrected chi connectivity index (χ3v) is 5.94. The fraction of sp³-hybridized carbons (Fsp3) is 1.00. The molecule has 2 fully saturated rings. The summed E-state index contributed by atoms with van der Waals surface area (Å²) in [6.07, 6.45) is 5.13. The van der Waals surface area contributed by atoms with Crippen molar-refractivity contribution in [3.05, 3.63) is 0 Å². The Morgan fingerprint density at radius 1 is 1.30 bits per heavy atom. The molecule has 0 amide bonds. The summed E-state index contributed by atoms with van der Waals surface area (Å²) in [7, 11) is -3.25. The summed E-state index contributed by atoms with van der Waals surface area (Å²) in [4.78, 5) is 0. The topological polar surface area (TPSA) is 67.4 Å². The van der Waals surface area contributed by atoms with Gasteiger partial charge < -0.3 is 10.1 Å². The maximum Gasteiger partial charge on any atom is 0.214 e. The van der Waals surface area contributed by atoms with Crippen molar-refractivity contribution in [3.63, 3.8) is 0 Å². The molecule has 0 saturated carbocycles. The number of ether oxygens (including phenoxy) is 1. The van der Waals surface area contributed by atoms with E-state index in [-0.39, 0.29) is 23.3 Å². The van der Waals surface area contributed by atoms with Crippen LogP contribution in [0.4, 0.5) is 0 Å². The Morgan fingerprint density at radius 3 is 2.75 bits per heavy atom. The molecule has 0 aliphatic carbocycles. The second-order valence-corrected chi connectivity index (χ2v) is 8.57. The van der Waals surface area contributed by atoms with Gasteiger partial charge in [0.1, 0.15) is 0 Å². The van der Waals surface area contributed by atoms with Crippen LogP contribution in [0.5, 0.6) is 0 Å². The van der Waals surface area contributed by atoms with Gasteiger partial charge in [-0.2, -0.15) is 0 Å². The van der Waals surface area contributed by atoms with Gasteiger partial charge in [0.25, 0.3) is 0 Å². The fourth-order valence-electron chi connectivity index (χ4n) is 3.07. The minimum Gasteiger partial charge on any atom is -0.377 e. The Bertz CT molecular complexity index is 403. The van der Waals surface area contributed by atoms with Gasteiger partial charge in [-0.1, -0.05) is 13.8 Å². The molecule has 0 radical (unpaired) electrons. The first-order chi connectivity index (χ1) is 9.39. The van der Waals surface area contributed by atoms with E-state index >= 15 is 0 Å². The Kier molecular flexibility index (Phi) is 5.45. The van der Waals surface area contributed by atoms with Gasteiger partial charge in [-0.15, -0.1) is 0 Å². The molecule has 0 spiro atoms. The molecule has 6 heteroatoms. The Labute approximate surface area is 122 Å². The molecule has 118 valence electrons. The second kappa shape index (κ2) is 6.73. The highest BCUT2D eigenvalue weighted by molar-refractivity contribution is 7.89. The summed E-state index contributed by atoms with van der Waals surface area (Å²) >= 11 is 0. The molecule has 0 aromatic heterocycles. The molecule has 2 aliphatic rings. The van der Waals surface area contributed by atoms with Crippen molar-refractivity contribution in [1.82, 2.24) is 10.0 Å². The molecule has 2 heterocycles. The third-order valence-electron chi connectivity index (χ3n) is 4.52. The maximum atomic E-state index is 12.1. The second-order valence-electron chi connectivity index (χ2n) is 6.72. The molecule has 2 atom stereocenters. The Balaban J connectivity index is 1.82. The molecule has 0 aromatic carbocycles. The monoisotopic (exact) mass is 304 g/mol. The number of rotatable bonds is 5. The number of piperidine rings is 1. The normalized spacial score (nSPS) is 31.1. The van der Waals surface area contributed by atoms with Crippen LogP contribution in [0.1, 0.15) is 46.0 Å². The molecule has 2 aliphatic heterocycles. The lowest BCUT2D eigenvalue weighted by molar-refractivity contribution is 0.0303. The number of hydrogen-bond acceptors (Lipinski definition) is 4. The Morgan fingerprint density at radius 2 is 2.10 bits per heavy atom. The van der Waals surface area contributed by atoms with Gasteiger partial charge >= 0.3 is 0 Å². The molecule has 2 saturated heterocycles. The van der Waals surface area contributed by atoms with Gasteiger partial charge in [-0.05, 0) is 44.1 Å². The van der Waals surface area contributed by atoms with Crippen LogP contribution in [-0.2, 0) is 14.8 Å². The third kappa shape index (κ3) is 4.69. The van der Waals surface area contributed by atoms with Crippen LogP contribution in [0.25, 0.3) is 0 Å². The molecule has 2 unspecified atom stereocenters. The largest absolute Gasteiger partial charge is 0.377 e.